The zero-order valence-corrected chi connectivity index (χ0v) is 12.4. The highest BCUT2D eigenvalue weighted by Gasteiger charge is 2.17. The van der Waals surface area contributed by atoms with Gasteiger partial charge in [0, 0.05) is 26.7 Å². The summed E-state index contributed by atoms with van der Waals surface area (Å²) in [4.78, 5) is 14.3. The second-order valence-corrected chi connectivity index (χ2v) is 5.07. The Bertz CT molecular complexity index is 438. The minimum atomic E-state index is -0.294. The van der Waals surface area contributed by atoms with Crippen LogP contribution >= 0.6 is 0 Å². The Morgan fingerprint density at radius 2 is 2.20 bits per heavy atom. The molecule has 0 amide bonds. The number of carbonyl (C=O) groups is 1. The van der Waals surface area contributed by atoms with Crippen LogP contribution in [0.25, 0.3) is 0 Å². The van der Waals surface area contributed by atoms with Crippen molar-refractivity contribution in [3.63, 3.8) is 0 Å². The van der Waals surface area contributed by atoms with E-state index in [0.717, 1.165) is 18.8 Å². The fraction of sp³-hybridized carbons (Fsp3) is 0.714. The summed E-state index contributed by atoms with van der Waals surface area (Å²) in [7, 11) is 1.85. The molecular weight excluding hydrogens is 256 g/mol. The zero-order valence-electron chi connectivity index (χ0n) is 12.4. The quantitative estimate of drug-likeness (QED) is 0.591. The molecule has 112 valence electrons. The topological polar surface area (TPSA) is 59.4 Å². The fourth-order valence-corrected chi connectivity index (χ4v) is 2.50. The molecule has 1 aromatic rings. The van der Waals surface area contributed by atoms with E-state index in [2.05, 4.69) is 15.3 Å². The van der Waals surface area contributed by atoms with Crippen LogP contribution in [-0.4, -0.2) is 53.4 Å². The van der Waals surface area contributed by atoms with Crippen molar-refractivity contribution in [2.45, 2.75) is 26.3 Å². The van der Waals surface area contributed by atoms with Crippen LogP contribution in [0.15, 0.2) is 6.20 Å². The Morgan fingerprint density at radius 3 is 2.90 bits per heavy atom. The lowest BCUT2D eigenvalue weighted by Gasteiger charge is -2.15. The highest BCUT2D eigenvalue weighted by atomic mass is 16.5. The number of hydrogen-bond acceptors (Lipinski definition) is 5. The smallest absolute Gasteiger partial charge is 0.341 e. The summed E-state index contributed by atoms with van der Waals surface area (Å²) >= 11 is 0. The number of nitrogens with one attached hydrogen (secondary N) is 1. The lowest BCUT2D eigenvalue weighted by molar-refractivity contribution is 0.0524. The number of aryl methyl sites for hydroxylation is 1. The van der Waals surface area contributed by atoms with Crippen molar-refractivity contribution in [1.29, 1.82) is 0 Å². The van der Waals surface area contributed by atoms with Gasteiger partial charge in [0.25, 0.3) is 0 Å². The van der Waals surface area contributed by atoms with Crippen LogP contribution in [-0.2, 0) is 18.3 Å². The highest BCUT2D eigenvalue weighted by molar-refractivity contribution is 5.90. The van der Waals surface area contributed by atoms with E-state index in [9.17, 15) is 4.79 Å². The second-order valence-electron chi connectivity index (χ2n) is 5.07. The van der Waals surface area contributed by atoms with Gasteiger partial charge in [-0.25, -0.2) is 4.79 Å². The molecule has 0 bridgehead atoms. The standard InChI is InChI=1S/C14H24N4O2/c1-3-20-14(19)12-10-16-17(2)13(12)11-15-6-9-18-7-4-5-8-18/h10,15H,3-9,11H2,1-2H3. The number of carbonyl (C=O) groups excluding carboxylic acids is 1. The van der Waals surface area contributed by atoms with Crippen LogP contribution in [0.4, 0.5) is 0 Å². The van der Waals surface area contributed by atoms with E-state index in [1.54, 1.807) is 10.9 Å². The van der Waals surface area contributed by atoms with Gasteiger partial charge >= 0.3 is 5.97 Å². The van der Waals surface area contributed by atoms with Crippen LogP contribution in [0.5, 0.6) is 0 Å². The minimum absolute atomic E-state index is 0.294. The van der Waals surface area contributed by atoms with E-state index in [1.165, 1.54) is 25.9 Å². The van der Waals surface area contributed by atoms with Gasteiger partial charge < -0.3 is 15.0 Å². The van der Waals surface area contributed by atoms with Gasteiger partial charge in [0.1, 0.15) is 5.56 Å². The maximum Gasteiger partial charge on any atom is 0.341 e. The first-order valence-electron chi connectivity index (χ1n) is 7.33. The van der Waals surface area contributed by atoms with Crippen LogP contribution < -0.4 is 5.32 Å². The van der Waals surface area contributed by atoms with Gasteiger partial charge in [-0.15, -0.1) is 0 Å². The molecule has 0 atom stereocenters. The van der Waals surface area contributed by atoms with Crippen molar-refractivity contribution in [3.05, 3.63) is 17.5 Å². The number of esters is 1. The molecule has 6 nitrogen and oxygen atoms in total. The zero-order chi connectivity index (χ0) is 14.4. The molecule has 1 aliphatic heterocycles. The lowest BCUT2D eigenvalue weighted by Crippen LogP contribution is -2.30. The van der Waals surface area contributed by atoms with Crippen molar-refractivity contribution < 1.29 is 9.53 Å². The molecule has 0 saturated carbocycles. The Kier molecular flexibility index (Phi) is 5.55. The van der Waals surface area contributed by atoms with Gasteiger partial charge in [-0.3, -0.25) is 4.68 Å². The molecular formula is C14H24N4O2. The maximum atomic E-state index is 11.8. The Morgan fingerprint density at radius 1 is 1.45 bits per heavy atom. The molecule has 1 fully saturated rings. The van der Waals surface area contributed by atoms with E-state index >= 15 is 0 Å². The van der Waals surface area contributed by atoms with Crippen LogP contribution in [0.2, 0.25) is 0 Å². The number of aromatic nitrogens is 2. The van der Waals surface area contributed by atoms with Gasteiger partial charge in [-0.2, -0.15) is 5.10 Å². The van der Waals surface area contributed by atoms with Gasteiger partial charge in [0.2, 0.25) is 0 Å². The second kappa shape index (κ2) is 7.40. The maximum absolute atomic E-state index is 11.8. The summed E-state index contributed by atoms with van der Waals surface area (Å²) in [6.45, 7) is 7.24. The SMILES string of the molecule is CCOC(=O)c1cnn(C)c1CNCCN1CCCC1. The number of hydrogen-bond donors (Lipinski definition) is 1. The molecule has 1 N–H and O–H groups in total. The molecule has 1 aromatic heterocycles. The van der Waals surface area contributed by atoms with E-state index in [4.69, 9.17) is 4.74 Å². The molecule has 6 heteroatoms. The molecule has 1 saturated heterocycles. The molecule has 2 heterocycles. The number of rotatable bonds is 7. The highest BCUT2D eigenvalue weighted by Crippen LogP contribution is 2.09. The third-order valence-electron chi connectivity index (χ3n) is 3.65. The third kappa shape index (κ3) is 3.80. The van der Waals surface area contributed by atoms with E-state index in [1.807, 2.05) is 14.0 Å². The average Bonchev–Trinajstić information content (AvgIpc) is 3.05. The summed E-state index contributed by atoms with van der Waals surface area (Å²) in [5.41, 5.74) is 1.44. The molecule has 0 aliphatic carbocycles. The monoisotopic (exact) mass is 280 g/mol. The van der Waals surface area contributed by atoms with E-state index < -0.39 is 0 Å². The molecule has 0 radical (unpaired) electrons. The summed E-state index contributed by atoms with van der Waals surface area (Å²) in [6, 6.07) is 0. The summed E-state index contributed by atoms with van der Waals surface area (Å²) in [6.07, 6.45) is 4.21. The van der Waals surface area contributed by atoms with E-state index in [-0.39, 0.29) is 5.97 Å². The molecule has 0 unspecified atom stereocenters. The van der Waals surface area contributed by atoms with Gasteiger partial charge in [-0.05, 0) is 32.9 Å². The Balaban J connectivity index is 1.82. The summed E-state index contributed by atoms with van der Waals surface area (Å²) in [5.74, 6) is -0.294. The van der Waals surface area contributed by atoms with Crippen LogP contribution in [0.1, 0.15) is 35.8 Å². The largest absolute Gasteiger partial charge is 0.462 e. The molecule has 20 heavy (non-hydrogen) atoms. The normalized spacial score (nSPS) is 15.7. The van der Waals surface area contributed by atoms with Crippen molar-refractivity contribution in [2.75, 3.05) is 32.8 Å². The number of likely N-dealkylation sites (tertiary alicyclic amines) is 1. The average molecular weight is 280 g/mol. The Labute approximate surface area is 120 Å². The molecule has 1 aliphatic rings. The predicted octanol–water partition coefficient (Wildman–Crippen LogP) is 0.782. The van der Waals surface area contributed by atoms with Crippen LogP contribution in [0, 0.1) is 0 Å². The summed E-state index contributed by atoms with van der Waals surface area (Å²) in [5, 5.41) is 7.52. The van der Waals surface area contributed by atoms with Gasteiger partial charge in [0.15, 0.2) is 0 Å². The first kappa shape index (κ1) is 15.0. The number of ether oxygens (including phenoxy) is 1. The van der Waals surface area contributed by atoms with Crippen LogP contribution in [0.3, 0.4) is 0 Å². The number of nitrogens with zero attached hydrogens (tertiary/aromatic N) is 3. The van der Waals surface area contributed by atoms with Crippen molar-refractivity contribution in [3.8, 4) is 0 Å². The van der Waals surface area contributed by atoms with Crippen molar-refractivity contribution in [1.82, 2.24) is 20.0 Å². The first-order chi connectivity index (χ1) is 9.72. The van der Waals surface area contributed by atoms with Gasteiger partial charge in [0.05, 0.1) is 18.5 Å². The van der Waals surface area contributed by atoms with Crippen molar-refractivity contribution >= 4 is 5.97 Å². The first-order valence-corrected chi connectivity index (χ1v) is 7.33. The van der Waals surface area contributed by atoms with Gasteiger partial charge in [-0.1, -0.05) is 0 Å². The predicted molar refractivity (Wildman–Crippen MR) is 76.5 cm³/mol. The third-order valence-corrected chi connectivity index (χ3v) is 3.65. The molecule has 0 spiro atoms. The Hall–Kier alpha value is -1.40. The molecule has 2 rings (SSSR count). The fourth-order valence-electron chi connectivity index (χ4n) is 2.50. The summed E-state index contributed by atoms with van der Waals surface area (Å²) < 4.78 is 6.77. The minimum Gasteiger partial charge on any atom is -0.462 e. The van der Waals surface area contributed by atoms with E-state index in [0.29, 0.717) is 18.7 Å². The van der Waals surface area contributed by atoms with Crippen molar-refractivity contribution in [2.24, 2.45) is 7.05 Å². The lowest BCUT2D eigenvalue weighted by atomic mass is 10.2. The molecule has 0 aromatic carbocycles.